The van der Waals surface area contributed by atoms with Crippen molar-refractivity contribution in [3.05, 3.63) is 46.4 Å². The van der Waals surface area contributed by atoms with E-state index < -0.39 is 10.0 Å². The van der Waals surface area contributed by atoms with Gasteiger partial charge in [0.15, 0.2) is 0 Å². The van der Waals surface area contributed by atoms with E-state index in [0.717, 1.165) is 10.00 Å². The van der Waals surface area contributed by atoms with Gasteiger partial charge in [-0.2, -0.15) is 0 Å². The molecule has 0 spiro atoms. The fourth-order valence-electron chi connectivity index (χ4n) is 1.59. The monoisotopic (exact) mass is 325 g/mol. The predicted molar refractivity (Wildman–Crippen MR) is 80.6 cm³/mol. The maximum atomic E-state index is 11.9. The number of nitrogens with one attached hydrogen (secondary N) is 1. The highest BCUT2D eigenvalue weighted by Crippen LogP contribution is 2.14. The summed E-state index contributed by atoms with van der Waals surface area (Å²) in [6.45, 7) is 0.347. The van der Waals surface area contributed by atoms with Crippen molar-refractivity contribution in [3.8, 4) is 0 Å². The highest BCUT2D eigenvalue weighted by atomic mass is 32.2. The Morgan fingerprint density at radius 3 is 2.48 bits per heavy atom. The fourth-order valence-corrected chi connectivity index (χ4v) is 3.05. The molecule has 0 unspecified atom stereocenters. The van der Waals surface area contributed by atoms with E-state index in [4.69, 9.17) is 0 Å². The zero-order chi connectivity index (χ0) is 15.5. The molecule has 2 aromatic rings. The van der Waals surface area contributed by atoms with Gasteiger partial charge in [0, 0.05) is 25.0 Å². The summed E-state index contributed by atoms with van der Waals surface area (Å²) in [6, 6.07) is 5.83. The molecular weight excluding hydrogens is 310 g/mol. The second-order valence-electron chi connectivity index (χ2n) is 4.47. The molecule has 1 N–H and O–H groups in total. The molecule has 0 atom stereocenters. The van der Waals surface area contributed by atoms with Gasteiger partial charge in [-0.25, -0.2) is 17.7 Å². The molecular formula is C13H15N3O3S2. The third-order valence-electron chi connectivity index (χ3n) is 2.81. The summed E-state index contributed by atoms with van der Waals surface area (Å²) in [5.74, 6) is -0.267. The molecule has 21 heavy (non-hydrogen) atoms. The van der Waals surface area contributed by atoms with Gasteiger partial charge in [-0.1, -0.05) is 0 Å². The lowest BCUT2D eigenvalue weighted by Gasteiger charge is -2.11. The van der Waals surface area contributed by atoms with Crippen molar-refractivity contribution in [2.45, 2.75) is 11.4 Å². The molecule has 112 valence electrons. The number of thiazole rings is 1. The van der Waals surface area contributed by atoms with Crippen molar-refractivity contribution >= 4 is 27.3 Å². The van der Waals surface area contributed by atoms with E-state index in [0.29, 0.717) is 12.1 Å². The second kappa shape index (κ2) is 6.33. The van der Waals surface area contributed by atoms with Gasteiger partial charge >= 0.3 is 0 Å². The van der Waals surface area contributed by atoms with E-state index in [-0.39, 0.29) is 10.8 Å². The average molecular weight is 325 g/mol. The standard InChI is InChI=1S/C13H15N3O3S2/c1-16(2)21(18,19)12-5-3-10(4-6-12)13(17)14-7-11-8-20-9-15-11/h3-6,8-9H,7H2,1-2H3,(H,14,17). The Labute approximate surface area is 127 Å². The maximum Gasteiger partial charge on any atom is 0.251 e. The first-order valence-corrected chi connectivity index (χ1v) is 8.47. The Kier molecular flexibility index (Phi) is 4.71. The van der Waals surface area contributed by atoms with Crippen LogP contribution in [0.25, 0.3) is 0 Å². The number of benzene rings is 1. The molecule has 1 aromatic carbocycles. The summed E-state index contributed by atoms with van der Waals surface area (Å²) in [5.41, 5.74) is 2.89. The lowest BCUT2D eigenvalue weighted by atomic mass is 10.2. The molecule has 0 bridgehead atoms. The number of carbonyl (C=O) groups excluding carboxylic acids is 1. The first-order valence-electron chi connectivity index (χ1n) is 6.09. The molecule has 2 rings (SSSR count). The van der Waals surface area contributed by atoms with E-state index >= 15 is 0 Å². The van der Waals surface area contributed by atoms with Gasteiger partial charge in [0.2, 0.25) is 10.0 Å². The zero-order valence-electron chi connectivity index (χ0n) is 11.6. The van der Waals surface area contributed by atoms with Gasteiger partial charge in [-0.05, 0) is 24.3 Å². The van der Waals surface area contributed by atoms with Crippen LogP contribution in [0.15, 0.2) is 40.1 Å². The lowest BCUT2D eigenvalue weighted by molar-refractivity contribution is 0.0950. The van der Waals surface area contributed by atoms with Crippen LogP contribution in [0.3, 0.4) is 0 Å². The largest absolute Gasteiger partial charge is 0.346 e. The van der Waals surface area contributed by atoms with Gasteiger partial charge in [-0.3, -0.25) is 4.79 Å². The first-order chi connectivity index (χ1) is 9.91. The Morgan fingerprint density at radius 2 is 1.95 bits per heavy atom. The van der Waals surface area contributed by atoms with Gasteiger partial charge < -0.3 is 5.32 Å². The minimum Gasteiger partial charge on any atom is -0.346 e. The fraction of sp³-hybridized carbons (Fsp3) is 0.231. The number of sulfonamides is 1. The Bertz CT molecular complexity index is 708. The van der Waals surface area contributed by atoms with Gasteiger partial charge in [0.05, 0.1) is 22.6 Å². The number of rotatable bonds is 5. The molecule has 0 saturated carbocycles. The molecule has 6 nitrogen and oxygen atoms in total. The van der Waals surface area contributed by atoms with E-state index in [9.17, 15) is 13.2 Å². The van der Waals surface area contributed by atoms with Crippen LogP contribution in [0, 0.1) is 0 Å². The van der Waals surface area contributed by atoms with Crippen LogP contribution in [-0.2, 0) is 16.6 Å². The van der Waals surface area contributed by atoms with Crippen molar-refractivity contribution < 1.29 is 13.2 Å². The molecule has 8 heteroatoms. The molecule has 0 saturated heterocycles. The van der Waals surface area contributed by atoms with Crippen LogP contribution >= 0.6 is 11.3 Å². The summed E-state index contributed by atoms with van der Waals surface area (Å²) in [4.78, 5) is 16.2. The Balaban J connectivity index is 2.07. The molecule has 1 heterocycles. The summed E-state index contributed by atoms with van der Waals surface area (Å²) < 4.78 is 25.0. The van der Waals surface area contributed by atoms with Crippen molar-refractivity contribution in [1.29, 1.82) is 0 Å². The zero-order valence-corrected chi connectivity index (χ0v) is 13.2. The number of aromatic nitrogens is 1. The highest BCUT2D eigenvalue weighted by Gasteiger charge is 2.17. The van der Waals surface area contributed by atoms with Gasteiger partial charge in [-0.15, -0.1) is 11.3 Å². The van der Waals surface area contributed by atoms with Crippen molar-refractivity contribution in [3.63, 3.8) is 0 Å². The van der Waals surface area contributed by atoms with Crippen LogP contribution in [0.1, 0.15) is 16.1 Å². The normalized spacial score (nSPS) is 11.6. The first kappa shape index (κ1) is 15.6. The highest BCUT2D eigenvalue weighted by molar-refractivity contribution is 7.89. The van der Waals surface area contributed by atoms with Crippen LogP contribution in [0.5, 0.6) is 0 Å². The molecule has 0 radical (unpaired) electrons. The molecule has 0 aliphatic carbocycles. The van der Waals surface area contributed by atoms with Crippen LogP contribution < -0.4 is 5.32 Å². The lowest BCUT2D eigenvalue weighted by Crippen LogP contribution is -2.24. The topological polar surface area (TPSA) is 79.4 Å². The van der Waals surface area contributed by atoms with Crippen molar-refractivity contribution in [1.82, 2.24) is 14.6 Å². The number of nitrogens with zero attached hydrogens (tertiary/aromatic N) is 2. The van der Waals surface area contributed by atoms with E-state index in [1.165, 1.54) is 49.7 Å². The van der Waals surface area contributed by atoms with Crippen molar-refractivity contribution in [2.75, 3.05) is 14.1 Å². The quantitative estimate of drug-likeness (QED) is 0.899. The summed E-state index contributed by atoms with van der Waals surface area (Å²) >= 11 is 1.46. The van der Waals surface area contributed by atoms with Crippen molar-refractivity contribution in [2.24, 2.45) is 0 Å². The molecule has 0 aliphatic heterocycles. The van der Waals surface area contributed by atoms with Gasteiger partial charge in [0.1, 0.15) is 0 Å². The van der Waals surface area contributed by atoms with Gasteiger partial charge in [0.25, 0.3) is 5.91 Å². The summed E-state index contributed by atoms with van der Waals surface area (Å²) in [6.07, 6.45) is 0. The second-order valence-corrected chi connectivity index (χ2v) is 7.34. The van der Waals surface area contributed by atoms with Crippen LogP contribution in [0.2, 0.25) is 0 Å². The maximum absolute atomic E-state index is 11.9. The SMILES string of the molecule is CN(C)S(=O)(=O)c1ccc(C(=O)NCc2cscn2)cc1. The third kappa shape index (κ3) is 3.66. The molecule has 1 amide bonds. The molecule has 1 aromatic heterocycles. The van der Waals surface area contributed by atoms with E-state index in [1.54, 1.807) is 5.51 Å². The van der Waals surface area contributed by atoms with E-state index in [2.05, 4.69) is 10.3 Å². The summed E-state index contributed by atoms with van der Waals surface area (Å²) in [7, 11) is -0.550. The number of hydrogen-bond acceptors (Lipinski definition) is 5. The minimum absolute atomic E-state index is 0.156. The Morgan fingerprint density at radius 1 is 1.29 bits per heavy atom. The molecule has 0 fully saturated rings. The average Bonchev–Trinajstić information content (AvgIpc) is 2.98. The predicted octanol–water partition coefficient (Wildman–Crippen LogP) is 1.32. The summed E-state index contributed by atoms with van der Waals surface area (Å²) in [5, 5.41) is 4.58. The molecule has 0 aliphatic rings. The van der Waals surface area contributed by atoms with E-state index in [1.807, 2.05) is 5.38 Å². The number of amides is 1. The minimum atomic E-state index is -3.47. The number of hydrogen-bond donors (Lipinski definition) is 1. The van der Waals surface area contributed by atoms with Crippen LogP contribution in [-0.4, -0.2) is 37.7 Å². The third-order valence-corrected chi connectivity index (χ3v) is 5.27. The smallest absolute Gasteiger partial charge is 0.251 e. The number of carbonyl (C=O) groups is 1. The Hall–Kier alpha value is -1.77. The van der Waals surface area contributed by atoms with Crippen LogP contribution in [0.4, 0.5) is 0 Å².